The number of benzene rings is 2. The van der Waals surface area contributed by atoms with E-state index in [9.17, 15) is 14.9 Å². The van der Waals surface area contributed by atoms with E-state index in [1.165, 1.54) is 24.3 Å². The van der Waals surface area contributed by atoms with Gasteiger partial charge in [0.15, 0.2) is 5.11 Å². The van der Waals surface area contributed by atoms with Gasteiger partial charge in [-0.1, -0.05) is 15.9 Å². The molecule has 3 N–H and O–H groups in total. The van der Waals surface area contributed by atoms with E-state index in [1.54, 1.807) is 24.3 Å². The van der Waals surface area contributed by atoms with Crippen LogP contribution in [0.15, 0.2) is 53.0 Å². The normalized spacial score (nSPS) is 9.78. The Labute approximate surface area is 145 Å². The second-order valence-corrected chi connectivity index (χ2v) is 5.67. The van der Waals surface area contributed by atoms with Crippen LogP contribution in [0, 0.1) is 10.1 Å². The highest BCUT2D eigenvalue weighted by molar-refractivity contribution is 9.10. The highest BCUT2D eigenvalue weighted by Crippen LogP contribution is 2.15. The lowest BCUT2D eigenvalue weighted by atomic mass is 10.2. The number of thiocarbonyl (C=S) groups is 1. The number of nitrogens with zero attached hydrogens (tertiary/aromatic N) is 1. The quantitative estimate of drug-likeness (QED) is 0.420. The number of nitrogens with one attached hydrogen (secondary N) is 3. The van der Waals surface area contributed by atoms with E-state index in [2.05, 4.69) is 32.1 Å². The third-order valence-electron chi connectivity index (χ3n) is 2.73. The predicted molar refractivity (Wildman–Crippen MR) is 94.1 cm³/mol. The molecule has 0 unspecified atom stereocenters. The molecule has 0 aliphatic rings. The number of non-ortho nitro benzene ring substituents is 1. The van der Waals surface area contributed by atoms with E-state index in [-0.39, 0.29) is 16.7 Å². The first-order valence-corrected chi connectivity index (χ1v) is 7.53. The molecule has 7 nitrogen and oxygen atoms in total. The molecule has 23 heavy (non-hydrogen) atoms. The number of carbonyl (C=O) groups is 1. The molecule has 0 spiro atoms. The Bertz CT molecular complexity index is 735. The second-order valence-electron chi connectivity index (χ2n) is 4.34. The van der Waals surface area contributed by atoms with Gasteiger partial charge in [0.05, 0.1) is 4.92 Å². The summed E-state index contributed by atoms with van der Waals surface area (Å²) in [6.45, 7) is 0. The summed E-state index contributed by atoms with van der Waals surface area (Å²) in [4.78, 5) is 22.0. The molecule has 9 heteroatoms. The number of anilines is 1. The van der Waals surface area contributed by atoms with E-state index in [4.69, 9.17) is 12.2 Å². The number of nitro benzene ring substituents is 1. The molecule has 0 aliphatic carbocycles. The summed E-state index contributed by atoms with van der Waals surface area (Å²) in [6.07, 6.45) is 0. The summed E-state index contributed by atoms with van der Waals surface area (Å²) >= 11 is 8.32. The number of amides is 1. The molecule has 0 atom stereocenters. The van der Waals surface area contributed by atoms with E-state index >= 15 is 0 Å². The highest BCUT2D eigenvalue weighted by Gasteiger charge is 2.07. The Hall–Kier alpha value is -2.52. The van der Waals surface area contributed by atoms with Crippen molar-refractivity contribution in [2.75, 3.05) is 5.32 Å². The highest BCUT2D eigenvalue weighted by atomic mass is 79.9. The van der Waals surface area contributed by atoms with Crippen LogP contribution >= 0.6 is 28.1 Å². The van der Waals surface area contributed by atoms with Gasteiger partial charge < -0.3 is 5.32 Å². The van der Waals surface area contributed by atoms with Crippen molar-refractivity contribution >= 4 is 50.5 Å². The Morgan fingerprint density at radius 1 is 1.04 bits per heavy atom. The Balaban J connectivity index is 1.86. The van der Waals surface area contributed by atoms with Crippen molar-refractivity contribution < 1.29 is 9.72 Å². The van der Waals surface area contributed by atoms with E-state index < -0.39 is 4.92 Å². The van der Waals surface area contributed by atoms with Crippen LogP contribution in [0.25, 0.3) is 0 Å². The van der Waals surface area contributed by atoms with Crippen molar-refractivity contribution in [1.82, 2.24) is 10.9 Å². The van der Waals surface area contributed by atoms with Gasteiger partial charge >= 0.3 is 0 Å². The fourth-order valence-corrected chi connectivity index (χ4v) is 2.05. The van der Waals surface area contributed by atoms with Crippen molar-refractivity contribution in [3.05, 3.63) is 68.7 Å². The SMILES string of the molecule is O=C(NNC(=S)Nc1ccc([N+](=O)[O-])cc1)c1ccc(Br)cc1. The first kappa shape index (κ1) is 16.8. The van der Waals surface area contributed by atoms with Gasteiger partial charge in [0.25, 0.3) is 11.6 Å². The maximum atomic E-state index is 11.9. The zero-order valence-corrected chi connectivity index (χ0v) is 14.0. The molecule has 0 aromatic heterocycles. The topological polar surface area (TPSA) is 96.3 Å². The van der Waals surface area contributed by atoms with Crippen LogP contribution in [-0.4, -0.2) is 15.9 Å². The van der Waals surface area contributed by atoms with Gasteiger partial charge in [-0.3, -0.25) is 25.8 Å². The molecule has 118 valence electrons. The van der Waals surface area contributed by atoms with Crippen molar-refractivity contribution in [1.29, 1.82) is 0 Å². The first-order chi connectivity index (χ1) is 11.0. The average molecular weight is 395 g/mol. The van der Waals surface area contributed by atoms with Gasteiger partial charge in [0.2, 0.25) is 0 Å². The number of hydrogen-bond donors (Lipinski definition) is 3. The summed E-state index contributed by atoms with van der Waals surface area (Å²) in [5.41, 5.74) is 6.02. The fraction of sp³-hybridized carbons (Fsp3) is 0. The molecular weight excluding hydrogens is 384 g/mol. The van der Waals surface area contributed by atoms with E-state index in [1.807, 2.05) is 0 Å². The Morgan fingerprint density at radius 2 is 1.65 bits per heavy atom. The summed E-state index contributed by atoms with van der Waals surface area (Å²) in [5, 5.41) is 13.5. The Morgan fingerprint density at radius 3 is 2.22 bits per heavy atom. The van der Waals surface area contributed by atoms with Crippen LogP contribution in [0.1, 0.15) is 10.4 Å². The number of halogens is 1. The summed E-state index contributed by atoms with van der Waals surface area (Å²) in [5.74, 6) is -0.342. The van der Waals surface area contributed by atoms with Crippen LogP contribution in [0.2, 0.25) is 0 Å². The number of rotatable bonds is 3. The standard InChI is InChI=1S/C14H11BrN4O3S/c15-10-3-1-9(2-4-10)13(20)17-18-14(23)16-11-5-7-12(8-6-11)19(21)22/h1-8H,(H,17,20)(H2,16,18,23). The number of carbonyl (C=O) groups excluding carboxylic acids is 1. The average Bonchev–Trinajstić information content (AvgIpc) is 2.54. The first-order valence-electron chi connectivity index (χ1n) is 6.33. The number of hydrogen-bond acceptors (Lipinski definition) is 4. The van der Waals surface area contributed by atoms with Gasteiger partial charge in [0.1, 0.15) is 0 Å². The van der Waals surface area contributed by atoms with Crippen LogP contribution in [0.4, 0.5) is 11.4 Å². The third-order valence-corrected chi connectivity index (χ3v) is 3.46. The maximum absolute atomic E-state index is 11.9. The molecule has 0 fully saturated rings. The Kier molecular flexibility index (Phi) is 5.61. The number of hydrazine groups is 1. The molecule has 1 amide bonds. The molecule has 2 rings (SSSR count). The maximum Gasteiger partial charge on any atom is 0.269 e. The molecule has 0 aliphatic heterocycles. The molecule has 2 aromatic rings. The lowest BCUT2D eigenvalue weighted by Crippen LogP contribution is -2.43. The molecule has 0 saturated carbocycles. The molecule has 0 bridgehead atoms. The fourth-order valence-electron chi connectivity index (χ4n) is 1.62. The largest absolute Gasteiger partial charge is 0.331 e. The van der Waals surface area contributed by atoms with E-state index in [0.29, 0.717) is 11.3 Å². The van der Waals surface area contributed by atoms with Gasteiger partial charge in [0, 0.05) is 27.9 Å². The molecular formula is C14H11BrN4O3S. The predicted octanol–water partition coefficient (Wildman–Crippen LogP) is 2.99. The minimum Gasteiger partial charge on any atom is -0.331 e. The van der Waals surface area contributed by atoms with Gasteiger partial charge in [-0.2, -0.15) is 0 Å². The van der Waals surface area contributed by atoms with Gasteiger partial charge in [-0.25, -0.2) is 0 Å². The van der Waals surface area contributed by atoms with Crippen LogP contribution in [-0.2, 0) is 0 Å². The lowest BCUT2D eigenvalue weighted by Gasteiger charge is -2.11. The van der Waals surface area contributed by atoms with Crippen LogP contribution in [0.5, 0.6) is 0 Å². The van der Waals surface area contributed by atoms with Crippen molar-refractivity contribution in [2.45, 2.75) is 0 Å². The minimum atomic E-state index is -0.487. The summed E-state index contributed by atoms with van der Waals surface area (Å²) < 4.78 is 0.873. The lowest BCUT2D eigenvalue weighted by molar-refractivity contribution is -0.384. The third kappa shape index (κ3) is 5.01. The van der Waals surface area contributed by atoms with Crippen molar-refractivity contribution in [3.8, 4) is 0 Å². The zero-order valence-electron chi connectivity index (χ0n) is 11.6. The van der Waals surface area contributed by atoms with Crippen LogP contribution in [0.3, 0.4) is 0 Å². The molecule has 0 radical (unpaired) electrons. The second kappa shape index (κ2) is 7.65. The molecule has 0 heterocycles. The monoisotopic (exact) mass is 394 g/mol. The zero-order chi connectivity index (χ0) is 16.8. The minimum absolute atomic E-state index is 0.0158. The van der Waals surface area contributed by atoms with E-state index in [0.717, 1.165) is 4.47 Å². The summed E-state index contributed by atoms with van der Waals surface area (Å²) in [6, 6.07) is 12.6. The van der Waals surface area contributed by atoms with Crippen molar-refractivity contribution in [3.63, 3.8) is 0 Å². The smallest absolute Gasteiger partial charge is 0.269 e. The van der Waals surface area contributed by atoms with Crippen LogP contribution < -0.4 is 16.2 Å². The van der Waals surface area contributed by atoms with Gasteiger partial charge in [-0.05, 0) is 48.6 Å². The van der Waals surface area contributed by atoms with Crippen molar-refractivity contribution in [2.24, 2.45) is 0 Å². The molecule has 0 saturated heterocycles. The summed E-state index contributed by atoms with van der Waals surface area (Å²) in [7, 11) is 0. The molecule has 2 aromatic carbocycles. The number of nitro groups is 1. The van der Waals surface area contributed by atoms with Gasteiger partial charge in [-0.15, -0.1) is 0 Å².